The van der Waals surface area contributed by atoms with Crippen LogP contribution < -0.4 is 5.32 Å². The summed E-state index contributed by atoms with van der Waals surface area (Å²) in [4.78, 5) is 0. The topological polar surface area (TPSA) is 12.0 Å². The summed E-state index contributed by atoms with van der Waals surface area (Å²) in [6.07, 6.45) is 8.76. The largest absolute Gasteiger partial charge is 0.308 e. The van der Waals surface area contributed by atoms with Crippen molar-refractivity contribution in [1.82, 2.24) is 5.32 Å². The van der Waals surface area contributed by atoms with Gasteiger partial charge in [-0.3, -0.25) is 0 Å². The van der Waals surface area contributed by atoms with Crippen molar-refractivity contribution in [2.24, 2.45) is 0 Å². The highest BCUT2D eigenvalue weighted by atomic mass is 19.1. The van der Waals surface area contributed by atoms with Crippen LogP contribution in [0.25, 0.3) is 0 Å². The maximum absolute atomic E-state index is 13.4. The Labute approximate surface area is 80.1 Å². The van der Waals surface area contributed by atoms with Gasteiger partial charge in [0, 0.05) is 12.1 Å². The predicted molar refractivity (Wildman–Crippen MR) is 52.5 cm³/mol. The van der Waals surface area contributed by atoms with Crippen LogP contribution in [0.1, 0.15) is 51.4 Å². The molecule has 2 saturated carbocycles. The van der Waals surface area contributed by atoms with E-state index in [4.69, 9.17) is 0 Å². The van der Waals surface area contributed by atoms with E-state index in [1.165, 1.54) is 32.1 Å². The van der Waals surface area contributed by atoms with E-state index in [1.807, 2.05) is 0 Å². The highest BCUT2D eigenvalue weighted by Gasteiger charge is 2.27. The fourth-order valence-corrected chi connectivity index (χ4v) is 2.67. The predicted octanol–water partition coefficient (Wildman–Crippen LogP) is 2.80. The Morgan fingerprint density at radius 3 is 2.15 bits per heavy atom. The first-order valence-corrected chi connectivity index (χ1v) is 5.76. The Hall–Kier alpha value is -0.110. The van der Waals surface area contributed by atoms with Gasteiger partial charge in [0.2, 0.25) is 0 Å². The maximum Gasteiger partial charge on any atom is 0.115 e. The van der Waals surface area contributed by atoms with E-state index >= 15 is 0 Å². The first-order valence-electron chi connectivity index (χ1n) is 5.76. The van der Waals surface area contributed by atoms with Gasteiger partial charge in [-0.25, -0.2) is 4.39 Å². The molecule has 0 aromatic heterocycles. The second-order valence-electron chi connectivity index (χ2n) is 4.55. The Kier molecular flexibility index (Phi) is 3.20. The minimum atomic E-state index is -0.575. The van der Waals surface area contributed by atoms with Crippen molar-refractivity contribution in [3.8, 4) is 0 Å². The average Bonchev–Trinajstić information content (AvgIpc) is 2.61. The number of hydrogen-bond donors (Lipinski definition) is 1. The molecule has 0 aromatic rings. The quantitative estimate of drug-likeness (QED) is 0.697. The Balaban J connectivity index is 1.78. The zero-order valence-electron chi connectivity index (χ0n) is 8.27. The van der Waals surface area contributed by atoms with Crippen LogP contribution in [0.3, 0.4) is 0 Å². The molecule has 0 radical (unpaired) electrons. The summed E-state index contributed by atoms with van der Waals surface area (Å²) >= 11 is 0. The molecule has 2 atom stereocenters. The van der Waals surface area contributed by atoms with Crippen molar-refractivity contribution in [2.45, 2.75) is 69.6 Å². The lowest BCUT2D eigenvalue weighted by Crippen LogP contribution is -2.44. The molecule has 1 N–H and O–H groups in total. The van der Waals surface area contributed by atoms with Gasteiger partial charge >= 0.3 is 0 Å². The third-order valence-electron chi connectivity index (χ3n) is 3.49. The Morgan fingerprint density at radius 1 is 0.846 bits per heavy atom. The van der Waals surface area contributed by atoms with Gasteiger partial charge in [-0.2, -0.15) is 0 Å². The van der Waals surface area contributed by atoms with Gasteiger partial charge in [-0.1, -0.05) is 25.7 Å². The molecule has 2 heteroatoms. The van der Waals surface area contributed by atoms with Gasteiger partial charge in [0.05, 0.1) is 0 Å². The van der Waals surface area contributed by atoms with Crippen molar-refractivity contribution in [2.75, 3.05) is 0 Å². The molecular formula is C11H20FN. The minimum absolute atomic E-state index is 0.178. The fourth-order valence-electron chi connectivity index (χ4n) is 2.67. The molecule has 2 fully saturated rings. The second kappa shape index (κ2) is 4.41. The molecule has 0 heterocycles. The zero-order valence-corrected chi connectivity index (χ0v) is 8.27. The summed E-state index contributed by atoms with van der Waals surface area (Å²) in [6, 6.07) is 0.804. The normalized spacial score (nSPS) is 36.7. The van der Waals surface area contributed by atoms with Crippen LogP contribution in [-0.2, 0) is 0 Å². The van der Waals surface area contributed by atoms with E-state index in [1.54, 1.807) is 0 Å². The molecule has 0 amide bonds. The Morgan fingerprint density at radius 2 is 1.46 bits per heavy atom. The van der Waals surface area contributed by atoms with E-state index < -0.39 is 6.17 Å². The fraction of sp³-hybridized carbons (Fsp3) is 1.00. The van der Waals surface area contributed by atoms with E-state index in [0.717, 1.165) is 19.3 Å². The van der Waals surface area contributed by atoms with Gasteiger partial charge in [0.25, 0.3) is 0 Å². The van der Waals surface area contributed by atoms with Crippen LogP contribution in [0.4, 0.5) is 4.39 Å². The molecule has 2 aliphatic carbocycles. The molecule has 0 spiro atoms. The first kappa shape index (κ1) is 9.45. The van der Waals surface area contributed by atoms with Crippen LogP contribution in [0, 0.1) is 0 Å². The first-order chi connectivity index (χ1) is 6.36. The highest BCUT2D eigenvalue weighted by Crippen LogP contribution is 2.25. The summed E-state index contributed by atoms with van der Waals surface area (Å²) in [5.74, 6) is 0. The highest BCUT2D eigenvalue weighted by molar-refractivity contribution is 4.85. The van der Waals surface area contributed by atoms with Crippen molar-refractivity contribution < 1.29 is 4.39 Å². The average molecular weight is 185 g/mol. The smallest absolute Gasteiger partial charge is 0.115 e. The van der Waals surface area contributed by atoms with E-state index in [0.29, 0.717) is 6.04 Å². The minimum Gasteiger partial charge on any atom is -0.308 e. The molecule has 0 unspecified atom stereocenters. The summed E-state index contributed by atoms with van der Waals surface area (Å²) < 4.78 is 13.4. The molecule has 13 heavy (non-hydrogen) atoms. The second-order valence-corrected chi connectivity index (χ2v) is 4.55. The lowest BCUT2D eigenvalue weighted by Gasteiger charge is -2.29. The van der Waals surface area contributed by atoms with Crippen molar-refractivity contribution in [1.29, 1.82) is 0 Å². The van der Waals surface area contributed by atoms with Gasteiger partial charge in [-0.15, -0.1) is 0 Å². The SMILES string of the molecule is F[C@@H]1CCCC[C@H]1NC1CCCC1. The summed E-state index contributed by atoms with van der Waals surface area (Å²) in [5.41, 5.74) is 0. The standard InChI is InChI=1S/C11H20FN/c12-10-7-3-4-8-11(10)13-9-5-1-2-6-9/h9-11,13H,1-8H2/t10-,11-/m1/s1. The summed E-state index contributed by atoms with van der Waals surface area (Å²) in [6.45, 7) is 0. The lowest BCUT2D eigenvalue weighted by atomic mass is 9.93. The monoisotopic (exact) mass is 185 g/mol. The van der Waals surface area contributed by atoms with Gasteiger partial charge in [0.15, 0.2) is 0 Å². The molecule has 0 saturated heterocycles. The van der Waals surface area contributed by atoms with E-state index in [-0.39, 0.29) is 6.04 Å². The summed E-state index contributed by atoms with van der Waals surface area (Å²) in [5, 5.41) is 3.49. The van der Waals surface area contributed by atoms with Crippen LogP contribution >= 0.6 is 0 Å². The van der Waals surface area contributed by atoms with Crippen molar-refractivity contribution in [3.05, 3.63) is 0 Å². The number of rotatable bonds is 2. The number of hydrogen-bond acceptors (Lipinski definition) is 1. The number of nitrogens with one attached hydrogen (secondary N) is 1. The number of halogens is 1. The molecule has 76 valence electrons. The third-order valence-corrected chi connectivity index (χ3v) is 3.49. The molecule has 0 aliphatic heterocycles. The molecule has 1 nitrogen and oxygen atoms in total. The van der Waals surface area contributed by atoms with Crippen LogP contribution in [0.2, 0.25) is 0 Å². The van der Waals surface area contributed by atoms with Gasteiger partial charge in [-0.05, 0) is 25.7 Å². The maximum atomic E-state index is 13.4. The van der Waals surface area contributed by atoms with Crippen LogP contribution in [-0.4, -0.2) is 18.3 Å². The van der Waals surface area contributed by atoms with Crippen LogP contribution in [0.15, 0.2) is 0 Å². The molecule has 2 aliphatic rings. The lowest BCUT2D eigenvalue weighted by molar-refractivity contribution is 0.178. The molecule has 2 rings (SSSR count). The zero-order chi connectivity index (χ0) is 9.10. The molecular weight excluding hydrogens is 165 g/mol. The Bertz CT molecular complexity index is 154. The van der Waals surface area contributed by atoms with Gasteiger partial charge < -0.3 is 5.32 Å². The molecule has 0 aromatic carbocycles. The van der Waals surface area contributed by atoms with Crippen LogP contribution in [0.5, 0.6) is 0 Å². The molecule has 0 bridgehead atoms. The summed E-state index contributed by atoms with van der Waals surface area (Å²) in [7, 11) is 0. The van der Waals surface area contributed by atoms with Crippen molar-refractivity contribution >= 4 is 0 Å². The van der Waals surface area contributed by atoms with Gasteiger partial charge in [0.1, 0.15) is 6.17 Å². The number of alkyl halides is 1. The van der Waals surface area contributed by atoms with E-state index in [9.17, 15) is 4.39 Å². The third kappa shape index (κ3) is 2.43. The van der Waals surface area contributed by atoms with E-state index in [2.05, 4.69) is 5.32 Å². The van der Waals surface area contributed by atoms with Crippen molar-refractivity contribution in [3.63, 3.8) is 0 Å².